The number of ketones is 1. The van der Waals surface area contributed by atoms with Gasteiger partial charge in [-0.2, -0.15) is 0 Å². The largest absolute Gasteiger partial charge is 0.325 e. The number of hydrogen-bond acceptors (Lipinski definition) is 5. The molecule has 1 amide bonds. The molecule has 166 valence electrons. The van der Waals surface area contributed by atoms with Gasteiger partial charge in [0, 0.05) is 16.3 Å². The van der Waals surface area contributed by atoms with Gasteiger partial charge in [-0.25, -0.2) is 4.98 Å². The van der Waals surface area contributed by atoms with E-state index in [-0.39, 0.29) is 29.5 Å². The Kier molecular flexibility index (Phi) is 6.91. The first-order chi connectivity index (χ1) is 15.9. The molecule has 0 aliphatic carbocycles. The van der Waals surface area contributed by atoms with Crippen LogP contribution in [-0.4, -0.2) is 27.0 Å². The number of benzene rings is 3. The number of Topliss-reactive ketones (excluding diaryl/α,β-unsaturated/α-hetero) is 1. The second-order valence-electron chi connectivity index (χ2n) is 7.36. The van der Waals surface area contributed by atoms with E-state index in [4.69, 9.17) is 11.6 Å². The van der Waals surface area contributed by atoms with Gasteiger partial charge in [0.2, 0.25) is 5.91 Å². The zero-order chi connectivity index (χ0) is 23.4. The van der Waals surface area contributed by atoms with Crippen LogP contribution in [0.15, 0.2) is 82.7 Å². The molecule has 6 nitrogen and oxygen atoms in total. The molecule has 1 N–H and O–H groups in total. The zero-order valence-corrected chi connectivity index (χ0v) is 19.3. The number of nitrogens with zero attached hydrogens (tertiary/aromatic N) is 2. The number of fused-ring (bicyclic) bond motifs is 1. The summed E-state index contributed by atoms with van der Waals surface area (Å²) in [5.41, 5.74) is 2.33. The van der Waals surface area contributed by atoms with Gasteiger partial charge in [-0.1, -0.05) is 53.7 Å². The molecule has 0 spiro atoms. The molecule has 0 unspecified atom stereocenters. The average molecular weight is 478 g/mol. The molecule has 1 aromatic heterocycles. The monoisotopic (exact) mass is 477 g/mol. The number of hydrogen-bond donors (Lipinski definition) is 1. The summed E-state index contributed by atoms with van der Waals surface area (Å²) in [5, 5.41) is 4.29. The van der Waals surface area contributed by atoms with Crippen LogP contribution in [0.2, 0.25) is 5.02 Å². The minimum atomic E-state index is -0.248. The third kappa shape index (κ3) is 5.32. The molecule has 1 heterocycles. The molecular weight excluding hydrogens is 458 g/mol. The van der Waals surface area contributed by atoms with Crippen molar-refractivity contribution in [3.8, 4) is 0 Å². The number of halogens is 1. The molecule has 0 saturated carbocycles. The summed E-state index contributed by atoms with van der Waals surface area (Å²) in [5.74, 6) is -0.230. The minimum absolute atomic E-state index is 0.0395. The van der Waals surface area contributed by atoms with Crippen LogP contribution in [0.3, 0.4) is 0 Å². The van der Waals surface area contributed by atoms with Crippen LogP contribution in [-0.2, 0) is 11.3 Å². The summed E-state index contributed by atoms with van der Waals surface area (Å²) < 4.78 is 1.54. The van der Waals surface area contributed by atoms with Crippen molar-refractivity contribution in [3.63, 3.8) is 0 Å². The number of carbonyl (C=O) groups is 2. The molecule has 0 bridgehead atoms. The zero-order valence-electron chi connectivity index (χ0n) is 17.7. The molecule has 0 saturated heterocycles. The van der Waals surface area contributed by atoms with Crippen LogP contribution in [0.1, 0.15) is 22.8 Å². The second kappa shape index (κ2) is 10.0. The lowest BCUT2D eigenvalue weighted by Gasteiger charge is -2.14. The maximum Gasteiger partial charge on any atom is 0.262 e. The van der Waals surface area contributed by atoms with Gasteiger partial charge < -0.3 is 5.32 Å². The van der Waals surface area contributed by atoms with Gasteiger partial charge in [-0.05, 0) is 55.0 Å². The van der Waals surface area contributed by atoms with Gasteiger partial charge in [0.25, 0.3) is 5.56 Å². The van der Waals surface area contributed by atoms with Gasteiger partial charge in [-0.3, -0.25) is 19.0 Å². The van der Waals surface area contributed by atoms with E-state index in [1.54, 1.807) is 53.1 Å². The lowest BCUT2D eigenvalue weighted by Crippen LogP contribution is -2.25. The topological polar surface area (TPSA) is 81.1 Å². The second-order valence-corrected chi connectivity index (χ2v) is 8.71. The highest BCUT2D eigenvalue weighted by atomic mass is 35.5. The predicted octanol–water partition coefficient (Wildman–Crippen LogP) is 5.03. The molecule has 3 aromatic carbocycles. The fourth-order valence-electron chi connectivity index (χ4n) is 3.31. The molecule has 0 aliphatic heterocycles. The number of carbonyl (C=O) groups excluding carboxylic acids is 2. The Morgan fingerprint density at radius 2 is 1.70 bits per heavy atom. The number of amides is 1. The third-order valence-electron chi connectivity index (χ3n) is 5.02. The number of thioether (sulfide) groups is 1. The summed E-state index contributed by atoms with van der Waals surface area (Å²) in [6.45, 7) is 1.73. The van der Waals surface area contributed by atoms with Crippen molar-refractivity contribution >= 4 is 51.6 Å². The van der Waals surface area contributed by atoms with Gasteiger partial charge in [0.1, 0.15) is 0 Å². The molecule has 0 aliphatic rings. The van der Waals surface area contributed by atoms with Crippen molar-refractivity contribution in [2.24, 2.45) is 0 Å². The van der Waals surface area contributed by atoms with E-state index in [1.807, 2.05) is 24.3 Å². The third-order valence-corrected chi connectivity index (χ3v) is 6.37. The van der Waals surface area contributed by atoms with Crippen LogP contribution in [0.25, 0.3) is 10.9 Å². The Bertz CT molecular complexity index is 1400. The van der Waals surface area contributed by atoms with Crippen LogP contribution in [0.4, 0.5) is 5.69 Å². The molecule has 4 aromatic rings. The highest BCUT2D eigenvalue weighted by Gasteiger charge is 2.15. The Labute approximate surface area is 199 Å². The Morgan fingerprint density at radius 3 is 2.42 bits per heavy atom. The number of aromatic nitrogens is 2. The number of para-hydroxylation sites is 1. The van der Waals surface area contributed by atoms with Gasteiger partial charge >= 0.3 is 0 Å². The molecule has 0 atom stereocenters. The van der Waals surface area contributed by atoms with Crippen molar-refractivity contribution < 1.29 is 9.59 Å². The van der Waals surface area contributed by atoms with Crippen molar-refractivity contribution in [2.45, 2.75) is 18.6 Å². The lowest BCUT2D eigenvalue weighted by atomic mass is 10.1. The molecule has 0 radical (unpaired) electrons. The normalized spacial score (nSPS) is 10.8. The van der Waals surface area contributed by atoms with E-state index in [2.05, 4.69) is 10.3 Å². The summed E-state index contributed by atoms with van der Waals surface area (Å²) >= 11 is 7.50. The fourth-order valence-corrected chi connectivity index (χ4v) is 4.30. The number of nitrogens with one attached hydrogen (secondary N) is 1. The van der Waals surface area contributed by atoms with Crippen LogP contribution >= 0.6 is 23.4 Å². The molecule has 8 heteroatoms. The maximum absolute atomic E-state index is 13.2. The van der Waals surface area contributed by atoms with Crippen molar-refractivity contribution in [3.05, 3.63) is 99.3 Å². The van der Waals surface area contributed by atoms with Crippen LogP contribution < -0.4 is 10.9 Å². The van der Waals surface area contributed by atoms with Gasteiger partial charge in [0.05, 0.1) is 23.2 Å². The predicted molar refractivity (Wildman–Crippen MR) is 132 cm³/mol. The fraction of sp³-hybridized carbons (Fsp3) is 0.120. The standard InChI is InChI=1S/C25H20ClN3O3S/c1-16(30)17-10-12-19(13-11-17)27-23(31)15-33-25-28-22-9-5-3-7-20(22)24(32)29(25)14-18-6-2-4-8-21(18)26/h2-13H,14-15H2,1H3,(H,27,31). The highest BCUT2D eigenvalue weighted by Crippen LogP contribution is 2.22. The molecule has 4 rings (SSSR count). The smallest absolute Gasteiger partial charge is 0.262 e. The average Bonchev–Trinajstić information content (AvgIpc) is 2.81. The minimum Gasteiger partial charge on any atom is -0.325 e. The lowest BCUT2D eigenvalue weighted by molar-refractivity contribution is -0.113. The van der Waals surface area contributed by atoms with E-state index < -0.39 is 0 Å². The van der Waals surface area contributed by atoms with E-state index >= 15 is 0 Å². The van der Waals surface area contributed by atoms with Crippen LogP contribution in [0, 0.1) is 0 Å². The van der Waals surface area contributed by atoms with E-state index in [1.165, 1.54) is 18.7 Å². The summed E-state index contributed by atoms with van der Waals surface area (Å²) in [6, 6.07) is 21.1. The van der Waals surface area contributed by atoms with Crippen molar-refractivity contribution in [1.82, 2.24) is 9.55 Å². The molecule has 33 heavy (non-hydrogen) atoms. The molecule has 0 fully saturated rings. The summed E-state index contributed by atoms with van der Waals surface area (Å²) in [4.78, 5) is 41.8. The number of rotatable bonds is 7. The Balaban J connectivity index is 1.58. The SMILES string of the molecule is CC(=O)c1ccc(NC(=O)CSc2nc3ccccc3c(=O)n2Cc2ccccc2Cl)cc1. The first-order valence-electron chi connectivity index (χ1n) is 10.2. The Morgan fingerprint density at radius 1 is 1.00 bits per heavy atom. The van der Waals surface area contributed by atoms with Gasteiger partial charge in [0.15, 0.2) is 10.9 Å². The van der Waals surface area contributed by atoms with Gasteiger partial charge in [-0.15, -0.1) is 0 Å². The van der Waals surface area contributed by atoms with E-state index in [9.17, 15) is 14.4 Å². The van der Waals surface area contributed by atoms with Crippen LogP contribution in [0.5, 0.6) is 0 Å². The first kappa shape index (κ1) is 22.8. The van der Waals surface area contributed by atoms with E-state index in [0.29, 0.717) is 32.3 Å². The maximum atomic E-state index is 13.2. The highest BCUT2D eigenvalue weighted by molar-refractivity contribution is 7.99. The van der Waals surface area contributed by atoms with Crippen molar-refractivity contribution in [2.75, 3.05) is 11.1 Å². The Hall–Kier alpha value is -3.42. The quantitative estimate of drug-likeness (QED) is 0.229. The summed E-state index contributed by atoms with van der Waals surface area (Å²) in [6.07, 6.45) is 0. The van der Waals surface area contributed by atoms with Crippen molar-refractivity contribution in [1.29, 1.82) is 0 Å². The molecular formula is C25H20ClN3O3S. The van der Waals surface area contributed by atoms with E-state index in [0.717, 1.165) is 5.56 Å². The number of anilines is 1. The first-order valence-corrected chi connectivity index (χ1v) is 11.6. The summed E-state index contributed by atoms with van der Waals surface area (Å²) in [7, 11) is 0.